The number of ether oxygens (including phenoxy) is 4. The maximum absolute atomic E-state index is 12.8. The van der Waals surface area contributed by atoms with Crippen LogP contribution in [0.2, 0.25) is 0 Å². The third-order valence-corrected chi connectivity index (χ3v) is 5.36. The van der Waals surface area contributed by atoms with E-state index >= 15 is 0 Å². The molecule has 0 saturated carbocycles. The van der Waals surface area contributed by atoms with E-state index in [4.69, 9.17) is 18.9 Å². The van der Waals surface area contributed by atoms with Crippen molar-refractivity contribution in [1.82, 2.24) is 10.3 Å². The van der Waals surface area contributed by atoms with Gasteiger partial charge in [-0.1, -0.05) is 13.8 Å². The van der Waals surface area contributed by atoms with Crippen molar-refractivity contribution in [2.45, 2.75) is 40.7 Å². The molecule has 1 amide bonds. The van der Waals surface area contributed by atoms with Crippen LogP contribution in [-0.4, -0.2) is 62.1 Å². The highest BCUT2D eigenvalue weighted by Crippen LogP contribution is 2.23. The van der Waals surface area contributed by atoms with Crippen molar-refractivity contribution in [3.63, 3.8) is 0 Å². The van der Waals surface area contributed by atoms with E-state index in [1.807, 2.05) is 0 Å². The minimum absolute atomic E-state index is 0.181. The van der Waals surface area contributed by atoms with Gasteiger partial charge >= 0.3 is 11.9 Å². The van der Waals surface area contributed by atoms with E-state index in [1.165, 1.54) is 26.4 Å². The molecule has 0 bridgehead atoms. The number of Topliss-reactive ketones (excluding diaryl/α,β-unsaturated/α-hetero) is 1. The Balaban J connectivity index is 2.12. The quantitative estimate of drug-likeness (QED) is 0.364. The molecule has 0 aliphatic heterocycles. The van der Waals surface area contributed by atoms with E-state index in [0.717, 1.165) is 0 Å². The molecule has 0 fully saturated rings. The molecule has 0 aliphatic rings. The Labute approximate surface area is 204 Å². The molecule has 0 spiro atoms. The summed E-state index contributed by atoms with van der Waals surface area (Å²) in [5, 5.41) is 2.65. The van der Waals surface area contributed by atoms with E-state index in [9.17, 15) is 19.2 Å². The predicted octanol–water partition coefficient (Wildman–Crippen LogP) is 3.01. The van der Waals surface area contributed by atoms with Crippen molar-refractivity contribution in [1.29, 1.82) is 0 Å². The highest BCUT2D eigenvalue weighted by molar-refractivity contribution is 6.04. The number of nitrogens with one attached hydrogen (secondary N) is 2. The first-order chi connectivity index (χ1) is 16.5. The SMILES string of the molecule is CCOC(=O)c1[nH]c(C)c(C(=O)COC(=O)[C@@H](NC(=O)c2cc(OC)cc(OC)c2)C(C)C)c1C. The number of rotatable bonds is 11. The molecule has 10 nitrogen and oxygen atoms in total. The number of methoxy groups -OCH3 is 2. The molecule has 0 aliphatic carbocycles. The summed E-state index contributed by atoms with van der Waals surface area (Å²) in [6.45, 7) is 8.07. The number of aromatic amines is 1. The van der Waals surface area contributed by atoms with E-state index in [2.05, 4.69) is 10.3 Å². The van der Waals surface area contributed by atoms with Crippen LogP contribution in [0.4, 0.5) is 0 Å². The number of H-pyrrole nitrogens is 1. The molecule has 2 aromatic rings. The molecule has 1 heterocycles. The molecular weight excluding hydrogens is 456 g/mol. The molecule has 1 atom stereocenters. The van der Waals surface area contributed by atoms with Crippen LogP contribution in [0.15, 0.2) is 18.2 Å². The first kappa shape index (κ1) is 27.4. The van der Waals surface area contributed by atoms with Gasteiger partial charge in [-0.05, 0) is 44.4 Å². The lowest BCUT2D eigenvalue weighted by Gasteiger charge is -2.21. The Morgan fingerprint density at radius 1 is 0.971 bits per heavy atom. The summed E-state index contributed by atoms with van der Waals surface area (Å²) in [5.74, 6) is -1.81. The highest BCUT2D eigenvalue weighted by Gasteiger charge is 2.29. The second-order valence-corrected chi connectivity index (χ2v) is 8.17. The molecule has 2 rings (SSSR count). The fourth-order valence-electron chi connectivity index (χ4n) is 3.54. The lowest BCUT2D eigenvalue weighted by atomic mass is 10.0. The molecule has 1 aromatic heterocycles. The molecule has 35 heavy (non-hydrogen) atoms. The van der Waals surface area contributed by atoms with Gasteiger partial charge in [0.15, 0.2) is 6.61 Å². The van der Waals surface area contributed by atoms with Crippen LogP contribution in [0.3, 0.4) is 0 Å². The summed E-state index contributed by atoms with van der Waals surface area (Å²) in [6, 6.07) is 3.65. The second-order valence-electron chi connectivity index (χ2n) is 8.17. The first-order valence-corrected chi connectivity index (χ1v) is 11.1. The zero-order chi connectivity index (χ0) is 26.3. The highest BCUT2D eigenvalue weighted by atomic mass is 16.5. The van der Waals surface area contributed by atoms with Gasteiger partial charge in [0.1, 0.15) is 23.2 Å². The lowest BCUT2D eigenvalue weighted by molar-refractivity contribution is -0.145. The standard InChI is InChI=1S/C25H32N2O8/c1-8-34-25(31)22-14(4)20(15(5)26-22)19(28)12-35-24(30)21(13(2)3)27-23(29)16-9-17(32-6)11-18(10-16)33-7/h9-11,13,21,26H,8,12H2,1-7H3,(H,27,29)/t21-/m0/s1. The third-order valence-electron chi connectivity index (χ3n) is 5.36. The number of ketones is 1. The van der Waals surface area contributed by atoms with Gasteiger partial charge in [0, 0.05) is 22.9 Å². The van der Waals surface area contributed by atoms with Crippen LogP contribution in [0.1, 0.15) is 63.2 Å². The fraction of sp³-hybridized carbons (Fsp3) is 0.440. The van der Waals surface area contributed by atoms with Gasteiger partial charge in [-0.15, -0.1) is 0 Å². The summed E-state index contributed by atoms with van der Waals surface area (Å²) in [7, 11) is 2.93. The Hall–Kier alpha value is -3.82. The molecule has 0 saturated heterocycles. The lowest BCUT2D eigenvalue weighted by Crippen LogP contribution is -2.45. The van der Waals surface area contributed by atoms with Gasteiger partial charge in [-0.25, -0.2) is 9.59 Å². The Bertz CT molecular complexity index is 1080. The molecule has 2 N–H and O–H groups in total. The van der Waals surface area contributed by atoms with Gasteiger partial charge < -0.3 is 29.2 Å². The number of carbonyl (C=O) groups is 4. The van der Waals surface area contributed by atoms with Crippen molar-refractivity contribution in [2.24, 2.45) is 5.92 Å². The van der Waals surface area contributed by atoms with Crippen molar-refractivity contribution >= 4 is 23.6 Å². The number of esters is 2. The van der Waals surface area contributed by atoms with Crippen LogP contribution in [0, 0.1) is 19.8 Å². The molecule has 190 valence electrons. The minimum Gasteiger partial charge on any atom is -0.497 e. The summed E-state index contributed by atoms with van der Waals surface area (Å²) < 4.78 is 20.6. The smallest absolute Gasteiger partial charge is 0.355 e. The summed E-state index contributed by atoms with van der Waals surface area (Å²) in [5.41, 5.74) is 1.56. The Morgan fingerprint density at radius 2 is 1.57 bits per heavy atom. The molecule has 1 aromatic carbocycles. The second kappa shape index (κ2) is 12.0. The number of aryl methyl sites for hydroxylation is 1. The van der Waals surface area contributed by atoms with Gasteiger partial charge in [0.25, 0.3) is 5.91 Å². The van der Waals surface area contributed by atoms with Gasteiger partial charge in [-0.3, -0.25) is 9.59 Å². The summed E-state index contributed by atoms with van der Waals surface area (Å²) in [4.78, 5) is 53.3. The molecule has 0 radical (unpaired) electrons. The first-order valence-electron chi connectivity index (χ1n) is 11.1. The zero-order valence-electron chi connectivity index (χ0n) is 21.1. The molecule has 10 heteroatoms. The number of carbonyl (C=O) groups excluding carboxylic acids is 4. The Morgan fingerprint density at radius 3 is 2.09 bits per heavy atom. The maximum atomic E-state index is 12.8. The number of hydrogen-bond acceptors (Lipinski definition) is 8. The number of benzene rings is 1. The zero-order valence-corrected chi connectivity index (χ0v) is 21.1. The van der Waals surface area contributed by atoms with Crippen LogP contribution in [0.5, 0.6) is 11.5 Å². The van der Waals surface area contributed by atoms with Crippen LogP contribution in [0.25, 0.3) is 0 Å². The van der Waals surface area contributed by atoms with Gasteiger partial charge in [-0.2, -0.15) is 0 Å². The van der Waals surface area contributed by atoms with Crippen LogP contribution < -0.4 is 14.8 Å². The summed E-state index contributed by atoms with van der Waals surface area (Å²) in [6.07, 6.45) is 0. The Kier molecular flexibility index (Phi) is 9.44. The van der Waals surface area contributed by atoms with Crippen molar-refractivity contribution in [3.05, 3.63) is 46.3 Å². The number of amides is 1. The minimum atomic E-state index is -1.00. The topological polar surface area (TPSA) is 133 Å². The predicted molar refractivity (Wildman–Crippen MR) is 127 cm³/mol. The fourth-order valence-corrected chi connectivity index (χ4v) is 3.54. The normalized spacial score (nSPS) is 11.5. The third kappa shape index (κ3) is 6.62. The van der Waals surface area contributed by atoms with Crippen molar-refractivity contribution in [2.75, 3.05) is 27.4 Å². The van der Waals surface area contributed by atoms with E-state index in [-0.39, 0.29) is 29.3 Å². The van der Waals surface area contributed by atoms with E-state index in [0.29, 0.717) is 22.8 Å². The maximum Gasteiger partial charge on any atom is 0.355 e. The number of aromatic nitrogens is 1. The monoisotopic (exact) mass is 488 g/mol. The number of hydrogen-bond donors (Lipinski definition) is 2. The van der Waals surface area contributed by atoms with Crippen molar-refractivity contribution in [3.8, 4) is 11.5 Å². The van der Waals surface area contributed by atoms with E-state index in [1.54, 1.807) is 40.7 Å². The average Bonchev–Trinajstić information content (AvgIpc) is 3.13. The summed E-state index contributed by atoms with van der Waals surface area (Å²) >= 11 is 0. The van der Waals surface area contributed by atoms with Crippen LogP contribution >= 0.6 is 0 Å². The largest absolute Gasteiger partial charge is 0.497 e. The average molecular weight is 489 g/mol. The van der Waals surface area contributed by atoms with Crippen LogP contribution in [-0.2, 0) is 14.3 Å². The van der Waals surface area contributed by atoms with Gasteiger partial charge in [0.05, 0.1) is 20.8 Å². The van der Waals surface area contributed by atoms with Gasteiger partial charge in [0.2, 0.25) is 5.78 Å². The van der Waals surface area contributed by atoms with Crippen molar-refractivity contribution < 1.29 is 38.1 Å². The van der Waals surface area contributed by atoms with E-state index < -0.39 is 36.3 Å². The molecular formula is C25H32N2O8. The molecule has 0 unspecified atom stereocenters.